The third-order valence-electron chi connectivity index (χ3n) is 3.79. The van der Waals surface area contributed by atoms with Crippen molar-refractivity contribution in [2.75, 3.05) is 0 Å². The standard InChI is InChI=1S/C16H15N3O/c1-2-14(3-1)20-15-8-13(9-17-10-15)12-4-5-16-18-6-7-19(16)11-12/h4-11,14H,1-3H2. The Morgan fingerprint density at radius 3 is 2.95 bits per heavy atom. The molecule has 0 saturated heterocycles. The number of fused-ring (bicyclic) bond motifs is 1. The van der Waals surface area contributed by atoms with Crippen LogP contribution in [0.5, 0.6) is 5.75 Å². The van der Waals surface area contributed by atoms with E-state index >= 15 is 0 Å². The van der Waals surface area contributed by atoms with E-state index in [-0.39, 0.29) is 0 Å². The van der Waals surface area contributed by atoms with E-state index in [1.807, 2.05) is 22.9 Å². The van der Waals surface area contributed by atoms with Gasteiger partial charge in [0.25, 0.3) is 0 Å². The Hall–Kier alpha value is -2.36. The molecule has 0 atom stereocenters. The Balaban J connectivity index is 1.67. The van der Waals surface area contributed by atoms with Gasteiger partial charge in [0, 0.05) is 35.9 Å². The molecule has 0 aromatic carbocycles. The Kier molecular flexibility index (Phi) is 2.66. The zero-order valence-corrected chi connectivity index (χ0v) is 11.1. The van der Waals surface area contributed by atoms with Gasteiger partial charge in [-0.3, -0.25) is 4.98 Å². The summed E-state index contributed by atoms with van der Waals surface area (Å²) < 4.78 is 7.91. The summed E-state index contributed by atoms with van der Waals surface area (Å²) in [6.07, 6.45) is 13.4. The average Bonchev–Trinajstić information content (AvgIpc) is 2.90. The molecule has 4 rings (SSSR count). The van der Waals surface area contributed by atoms with Gasteiger partial charge in [-0.1, -0.05) is 0 Å². The van der Waals surface area contributed by atoms with E-state index in [0.29, 0.717) is 6.10 Å². The maximum atomic E-state index is 5.90. The minimum absolute atomic E-state index is 0.378. The monoisotopic (exact) mass is 265 g/mol. The first-order chi connectivity index (χ1) is 9.88. The minimum atomic E-state index is 0.378. The predicted molar refractivity (Wildman–Crippen MR) is 76.7 cm³/mol. The van der Waals surface area contributed by atoms with Crippen LogP contribution in [0.4, 0.5) is 0 Å². The van der Waals surface area contributed by atoms with Crippen molar-refractivity contribution in [3.05, 3.63) is 49.2 Å². The number of aromatic nitrogens is 3. The van der Waals surface area contributed by atoms with E-state index in [4.69, 9.17) is 4.74 Å². The Morgan fingerprint density at radius 1 is 1.15 bits per heavy atom. The van der Waals surface area contributed by atoms with E-state index < -0.39 is 0 Å². The van der Waals surface area contributed by atoms with Crippen molar-refractivity contribution in [1.82, 2.24) is 14.4 Å². The third-order valence-corrected chi connectivity index (χ3v) is 3.79. The molecule has 1 saturated carbocycles. The normalized spacial score (nSPS) is 15.2. The summed E-state index contributed by atoms with van der Waals surface area (Å²) >= 11 is 0. The third kappa shape index (κ3) is 2.03. The van der Waals surface area contributed by atoms with Crippen molar-refractivity contribution in [3.63, 3.8) is 0 Å². The molecule has 3 heterocycles. The van der Waals surface area contributed by atoms with Gasteiger partial charge in [-0.25, -0.2) is 4.98 Å². The molecule has 100 valence electrons. The number of pyridine rings is 2. The molecule has 0 spiro atoms. The molecule has 4 heteroatoms. The SMILES string of the molecule is c1cn2cc(-c3cncc(OC4CCC4)c3)ccc2n1. The average molecular weight is 265 g/mol. The van der Waals surface area contributed by atoms with Gasteiger partial charge in [-0.2, -0.15) is 0 Å². The lowest BCUT2D eigenvalue weighted by atomic mass is 9.96. The number of nitrogens with zero attached hydrogens (tertiary/aromatic N) is 3. The molecule has 0 radical (unpaired) electrons. The molecule has 3 aromatic rings. The highest BCUT2D eigenvalue weighted by Gasteiger charge is 2.19. The minimum Gasteiger partial charge on any atom is -0.489 e. The summed E-state index contributed by atoms with van der Waals surface area (Å²) in [7, 11) is 0. The fourth-order valence-electron chi connectivity index (χ4n) is 2.41. The predicted octanol–water partition coefficient (Wildman–Crippen LogP) is 3.33. The van der Waals surface area contributed by atoms with E-state index in [2.05, 4.69) is 28.3 Å². The molecule has 1 aliphatic carbocycles. The molecule has 4 nitrogen and oxygen atoms in total. The molecule has 0 amide bonds. The van der Waals surface area contributed by atoms with Crippen LogP contribution in [-0.4, -0.2) is 20.5 Å². The van der Waals surface area contributed by atoms with Crippen molar-refractivity contribution in [2.24, 2.45) is 0 Å². The Labute approximate surface area is 117 Å². The molecular formula is C16H15N3O. The van der Waals surface area contributed by atoms with Crippen LogP contribution >= 0.6 is 0 Å². The van der Waals surface area contributed by atoms with Gasteiger partial charge >= 0.3 is 0 Å². The first kappa shape index (κ1) is 11.5. The summed E-state index contributed by atoms with van der Waals surface area (Å²) in [6, 6.07) is 6.13. The summed E-state index contributed by atoms with van der Waals surface area (Å²) in [5.74, 6) is 0.859. The molecule has 1 aliphatic rings. The van der Waals surface area contributed by atoms with Crippen molar-refractivity contribution in [2.45, 2.75) is 25.4 Å². The second-order valence-electron chi connectivity index (χ2n) is 5.19. The molecule has 0 N–H and O–H groups in total. The van der Waals surface area contributed by atoms with Crippen LogP contribution in [0, 0.1) is 0 Å². The van der Waals surface area contributed by atoms with Gasteiger partial charge in [0.05, 0.1) is 12.3 Å². The lowest BCUT2D eigenvalue weighted by Gasteiger charge is -2.26. The van der Waals surface area contributed by atoms with Crippen molar-refractivity contribution in [1.29, 1.82) is 0 Å². The van der Waals surface area contributed by atoms with Crippen LogP contribution in [-0.2, 0) is 0 Å². The summed E-state index contributed by atoms with van der Waals surface area (Å²) in [4.78, 5) is 8.54. The number of imidazole rings is 1. The van der Waals surface area contributed by atoms with E-state index in [9.17, 15) is 0 Å². The van der Waals surface area contributed by atoms with Gasteiger partial charge in [-0.05, 0) is 37.5 Å². The van der Waals surface area contributed by atoms with Crippen molar-refractivity contribution in [3.8, 4) is 16.9 Å². The van der Waals surface area contributed by atoms with Gasteiger partial charge in [0.1, 0.15) is 11.4 Å². The summed E-state index contributed by atoms with van der Waals surface area (Å²) in [5, 5.41) is 0. The topological polar surface area (TPSA) is 39.4 Å². The second-order valence-corrected chi connectivity index (χ2v) is 5.19. The zero-order chi connectivity index (χ0) is 13.4. The van der Waals surface area contributed by atoms with Crippen LogP contribution in [0.15, 0.2) is 49.2 Å². The molecule has 3 aromatic heterocycles. The molecule has 0 bridgehead atoms. The molecular weight excluding hydrogens is 250 g/mol. The number of ether oxygens (including phenoxy) is 1. The Bertz CT molecular complexity index is 746. The quantitative estimate of drug-likeness (QED) is 0.729. The first-order valence-corrected chi connectivity index (χ1v) is 6.93. The van der Waals surface area contributed by atoms with E-state index in [1.165, 1.54) is 6.42 Å². The zero-order valence-electron chi connectivity index (χ0n) is 11.1. The van der Waals surface area contributed by atoms with Crippen LogP contribution in [0.25, 0.3) is 16.8 Å². The van der Waals surface area contributed by atoms with Gasteiger partial charge in [-0.15, -0.1) is 0 Å². The summed E-state index contributed by atoms with van der Waals surface area (Å²) in [5.41, 5.74) is 3.13. The highest BCUT2D eigenvalue weighted by molar-refractivity contribution is 5.65. The fourth-order valence-corrected chi connectivity index (χ4v) is 2.41. The van der Waals surface area contributed by atoms with E-state index in [1.54, 1.807) is 12.4 Å². The lowest BCUT2D eigenvalue weighted by Crippen LogP contribution is -2.24. The highest BCUT2D eigenvalue weighted by atomic mass is 16.5. The summed E-state index contributed by atoms with van der Waals surface area (Å²) in [6.45, 7) is 0. The molecule has 0 unspecified atom stereocenters. The molecule has 0 aliphatic heterocycles. The van der Waals surface area contributed by atoms with Crippen LogP contribution in [0.1, 0.15) is 19.3 Å². The maximum absolute atomic E-state index is 5.90. The maximum Gasteiger partial charge on any atom is 0.138 e. The smallest absolute Gasteiger partial charge is 0.138 e. The van der Waals surface area contributed by atoms with Crippen molar-refractivity contribution >= 4 is 5.65 Å². The van der Waals surface area contributed by atoms with Crippen LogP contribution in [0.3, 0.4) is 0 Å². The number of hydrogen-bond donors (Lipinski definition) is 0. The molecule has 20 heavy (non-hydrogen) atoms. The Morgan fingerprint density at radius 2 is 2.10 bits per heavy atom. The first-order valence-electron chi connectivity index (χ1n) is 6.93. The van der Waals surface area contributed by atoms with Crippen LogP contribution in [0.2, 0.25) is 0 Å². The van der Waals surface area contributed by atoms with Crippen molar-refractivity contribution < 1.29 is 4.74 Å². The van der Waals surface area contributed by atoms with E-state index in [0.717, 1.165) is 35.4 Å². The highest BCUT2D eigenvalue weighted by Crippen LogP contribution is 2.27. The number of rotatable bonds is 3. The van der Waals surface area contributed by atoms with Gasteiger partial charge < -0.3 is 9.14 Å². The molecule has 1 fully saturated rings. The largest absolute Gasteiger partial charge is 0.489 e. The van der Waals surface area contributed by atoms with Crippen LogP contribution < -0.4 is 4.74 Å². The second kappa shape index (κ2) is 4.63. The van der Waals surface area contributed by atoms with Gasteiger partial charge in [0.2, 0.25) is 0 Å². The fraction of sp³-hybridized carbons (Fsp3) is 0.250. The lowest BCUT2D eigenvalue weighted by molar-refractivity contribution is 0.120. The van der Waals surface area contributed by atoms with Gasteiger partial charge in [0.15, 0.2) is 0 Å². The number of hydrogen-bond acceptors (Lipinski definition) is 3.